The van der Waals surface area contributed by atoms with Crippen LogP contribution in [0.15, 0.2) is 11.6 Å². The number of terminal acetylenes is 1. The summed E-state index contributed by atoms with van der Waals surface area (Å²) in [5.74, 6) is 3.31. The van der Waals surface area contributed by atoms with Gasteiger partial charge >= 0.3 is 0 Å². The van der Waals surface area contributed by atoms with E-state index >= 15 is 0 Å². The summed E-state index contributed by atoms with van der Waals surface area (Å²) in [4.78, 5) is 0. The van der Waals surface area contributed by atoms with Gasteiger partial charge in [0.2, 0.25) is 0 Å². The van der Waals surface area contributed by atoms with Crippen molar-refractivity contribution in [3.05, 3.63) is 11.6 Å². The minimum atomic E-state index is 0.299. The molecule has 2 N–H and O–H groups in total. The number of rotatable bonds is 7. The highest BCUT2D eigenvalue weighted by atomic mass is 14.6. The fourth-order valence-electron chi connectivity index (χ4n) is 1.75. The minimum Gasteiger partial charge on any atom is -0.327 e. The van der Waals surface area contributed by atoms with Crippen LogP contribution < -0.4 is 5.73 Å². The molecule has 0 saturated heterocycles. The lowest BCUT2D eigenvalue weighted by molar-refractivity contribution is 0.473. The number of hydrogen-bond acceptors (Lipinski definition) is 1. The predicted molar refractivity (Wildman–Crippen MR) is 68.5 cm³/mol. The zero-order valence-corrected chi connectivity index (χ0v) is 10.4. The molecule has 2 unspecified atom stereocenters. The van der Waals surface area contributed by atoms with E-state index in [1.165, 1.54) is 5.57 Å². The summed E-state index contributed by atoms with van der Waals surface area (Å²) in [6.07, 6.45) is 12.7. The third kappa shape index (κ3) is 8.27. The average Bonchev–Trinajstić information content (AvgIpc) is 2.15. The Labute approximate surface area is 95.1 Å². The molecule has 2 atom stereocenters. The first kappa shape index (κ1) is 14.3. The highest BCUT2D eigenvalue weighted by molar-refractivity contribution is 4.99. The van der Waals surface area contributed by atoms with Gasteiger partial charge < -0.3 is 5.73 Å². The largest absolute Gasteiger partial charge is 0.327 e. The minimum absolute atomic E-state index is 0.299. The third-order valence-corrected chi connectivity index (χ3v) is 2.63. The van der Waals surface area contributed by atoms with Crippen LogP contribution in [-0.4, -0.2) is 6.04 Å². The first-order valence-corrected chi connectivity index (χ1v) is 5.94. The van der Waals surface area contributed by atoms with Crippen LogP contribution >= 0.6 is 0 Å². The highest BCUT2D eigenvalue weighted by Gasteiger charge is 2.06. The predicted octanol–water partition coefficient (Wildman–Crippen LogP) is 3.50. The van der Waals surface area contributed by atoms with Gasteiger partial charge in [0, 0.05) is 12.5 Å². The molecule has 0 fully saturated rings. The van der Waals surface area contributed by atoms with Gasteiger partial charge in [0.15, 0.2) is 0 Å². The normalized spacial score (nSPS) is 15.8. The van der Waals surface area contributed by atoms with Crippen LogP contribution in [-0.2, 0) is 0 Å². The van der Waals surface area contributed by atoms with E-state index in [2.05, 4.69) is 32.8 Å². The molecule has 0 aliphatic carbocycles. The lowest BCUT2D eigenvalue weighted by Gasteiger charge is -2.14. The van der Waals surface area contributed by atoms with Crippen molar-refractivity contribution in [3.8, 4) is 12.3 Å². The van der Waals surface area contributed by atoms with Crippen LogP contribution in [0, 0.1) is 18.3 Å². The molecule has 0 heterocycles. The molecule has 0 bridgehead atoms. The SMILES string of the molecule is C#CCC(C)CCC(N)C/C(C)=C/CC. The van der Waals surface area contributed by atoms with E-state index in [-0.39, 0.29) is 0 Å². The topological polar surface area (TPSA) is 26.0 Å². The van der Waals surface area contributed by atoms with Gasteiger partial charge in [-0.05, 0) is 38.5 Å². The van der Waals surface area contributed by atoms with Gasteiger partial charge in [0.05, 0.1) is 0 Å². The molecule has 0 rings (SSSR count). The Hall–Kier alpha value is -0.740. The molecule has 0 aromatic carbocycles. The van der Waals surface area contributed by atoms with Gasteiger partial charge in [0.25, 0.3) is 0 Å². The van der Waals surface area contributed by atoms with E-state index in [0.717, 1.165) is 32.1 Å². The van der Waals surface area contributed by atoms with Crippen molar-refractivity contribution in [3.63, 3.8) is 0 Å². The first-order valence-electron chi connectivity index (χ1n) is 5.94. The molecule has 0 aliphatic rings. The summed E-state index contributed by atoms with van der Waals surface area (Å²) in [5.41, 5.74) is 7.47. The summed E-state index contributed by atoms with van der Waals surface area (Å²) in [6.45, 7) is 6.51. The molecule has 86 valence electrons. The summed E-state index contributed by atoms with van der Waals surface area (Å²) in [6, 6.07) is 0.299. The van der Waals surface area contributed by atoms with Gasteiger partial charge in [-0.3, -0.25) is 0 Å². The first-order chi connectivity index (χ1) is 7.10. The van der Waals surface area contributed by atoms with Crippen LogP contribution in [0.4, 0.5) is 0 Å². The standard InChI is InChI=1S/C14H25N/c1-5-7-12(3)9-10-14(15)11-13(4)8-6-2/h1,8,12,14H,6-7,9-11,15H2,2-4H3/b13-8+. The van der Waals surface area contributed by atoms with Crippen LogP contribution in [0.1, 0.15) is 52.9 Å². The molecule has 15 heavy (non-hydrogen) atoms. The molecule has 1 nitrogen and oxygen atoms in total. The Balaban J connectivity index is 3.70. The van der Waals surface area contributed by atoms with Crippen molar-refractivity contribution in [1.29, 1.82) is 0 Å². The molecule has 0 aromatic heterocycles. The Morgan fingerprint density at radius 3 is 2.67 bits per heavy atom. The second-order valence-electron chi connectivity index (χ2n) is 4.51. The van der Waals surface area contributed by atoms with Crippen LogP contribution in [0.2, 0.25) is 0 Å². The monoisotopic (exact) mass is 207 g/mol. The average molecular weight is 207 g/mol. The van der Waals surface area contributed by atoms with Crippen molar-refractivity contribution in [2.24, 2.45) is 11.7 Å². The van der Waals surface area contributed by atoms with Gasteiger partial charge in [-0.1, -0.05) is 25.5 Å². The van der Waals surface area contributed by atoms with E-state index < -0.39 is 0 Å². The van der Waals surface area contributed by atoms with Gasteiger partial charge in [0.1, 0.15) is 0 Å². The van der Waals surface area contributed by atoms with Crippen LogP contribution in [0.3, 0.4) is 0 Å². The molecule has 0 spiro atoms. The summed E-state index contributed by atoms with van der Waals surface area (Å²) >= 11 is 0. The number of hydrogen-bond donors (Lipinski definition) is 1. The highest BCUT2D eigenvalue weighted by Crippen LogP contribution is 2.14. The fourth-order valence-corrected chi connectivity index (χ4v) is 1.75. The van der Waals surface area contributed by atoms with E-state index in [0.29, 0.717) is 12.0 Å². The smallest absolute Gasteiger partial charge is 0.0112 e. The Morgan fingerprint density at radius 1 is 1.47 bits per heavy atom. The maximum atomic E-state index is 6.06. The lowest BCUT2D eigenvalue weighted by Crippen LogP contribution is -2.21. The Bertz CT molecular complexity index is 222. The lowest BCUT2D eigenvalue weighted by atomic mass is 9.96. The second-order valence-corrected chi connectivity index (χ2v) is 4.51. The molecule has 0 aliphatic heterocycles. The van der Waals surface area contributed by atoms with E-state index in [9.17, 15) is 0 Å². The van der Waals surface area contributed by atoms with Crippen molar-refractivity contribution in [2.75, 3.05) is 0 Å². The van der Waals surface area contributed by atoms with E-state index in [1.807, 2.05) is 0 Å². The Kier molecular flexibility index (Phi) is 8.14. The van der Waals surface area contributed by atoms with Crippen molar-refractivity contribution in [2.45, 2.75) is 58.9 Å². The van der Waals surface area contributed by atoms with Crippen LogP contribution in [0.5, 0.6) is 0 Å². The number of nitrogens with two attached hydrogens (primary N) is 1. The zero-order valence-electron chi connectivity index (χ0n) is 10.4. The van der Waals surface area contributed by atoms with Crippen molar-refractivity contribution < 1.29 is 0 Å². The molecular formula is C14H25N. The molecule has 0 amide bonds. The Morgan fingerprint density at radius 2 is 2.13 bits per heavy atom. The number of allylic oxidation sites excluding steroid dienone is 1. The summed E-state index contributed by atoms with van der Waals surface area (Å²) < 4.78 is 0. The van der Waals surface area contributed by atoms with E-state index in [4.69, 9.17) is 12.2 Å². The quantitative estimate of drug-likeness (QED) is 0.502. The van der Waals surface area contributed by atoms with Gasteiger partial charge in [-0.15, -0.1) is 12.3 Å². The molecule has 0 radical (unpaired) electrons. The van der Waals surface area contributed by atoms with Gasteiger partial charge in [-0.25, -0.2) is 0 Å². The van der Waals surface area contributed by atoms with Crippen molar-refractivity contribution >= 4 is 0 Å². The molecule has 1 heteroatoms. The zero-order chi connectivity index (χ0) is 11.7. The maximum Gasteiger partial charge on any atom is 0.0112 e. The fraction of sp³-hybridized carbons (Fsp3) is 0.714. The van der Waals surface area contributed by atoms with E-state index in [1.54, 1.807) is 0 Å². The second kappa shape index (κ2) is 8.56. The molecule has 0 aromatic rings. The van der Waals surface area contributed by atoms with Crippen molar-refractivity contribution in [1.82, 2.24) is 0 Å². The molecular weight excluding hydrogens is 182 g/mol. The maximum absolute atomic E-state index is 6.06. The molecule has 0 saturated carbocycles. The summed E-state index contributed by atoms with van der Waals surface area (Å²) in [5, 5.41) is 0. The third-order valence-electron chi connectivity index (χ3n) is 2.63. The summed E-state index contributed by atoms with van der Waals surface area (Å²) in [7, 11) is 0. The van der Waals surface area contributed by atoms with Gasteiger partial charge in [-0.2, -0.15) is 0 Å². The van der Waals surface area contributed by atoms with Crippen LogP contribution in [0.25, 0.3) is 0 Å².